The van der Waals surface area contributed by atoms with Crippen LogP contribution >= 0.6 is 0 Å². The Morgan fingerprint density at radius 3 is 3.00 bits per heavy atom. The van der Waals surface area contributed by atoms with Gasteiger partial charge in [-0.3, -0.25) is 4.90 Å². The molecule has 1 aromatic heterocycles. The van der Waals surface area contributed by atoms with Gasteiger partial charge in [-0.15, -0.1) is 0 Å². The van der Waals surface area contributed by atoms with Crippen molar-refractivity contribution in [2.45, 2.75) is 38.3 Å². The minimum absolute atomic E-state index is 0.627. The zero-order valence-corrected chi connectivity index (χ0v) is 11.3. The fourth-order valence-electron chi connectivity index (χ4n) is 3.82. The Morgan fingerprint density at radius 1 is 1.26 bits per heavy atom. The summed E-state index contributed by atoms with van der Waals surface area (Å²) in [5.41, 5.74) is 1.42. The normalized spacial score (nSPS) is 26.9. The van der Waals surface area contributed by atoms with Crippen LogP contribution in [0.1, 0.15) is 31.9 Å². The van der Waals surface area contributed by atoms with E-state index < -0.39 is 0 Å². The van der Waals surface area contributed by atoms with E-state index >= 15 is 0 Å². The third-order valence-electron chi connectivity index (χ3n) is 4.71. The topological polar surface area (TPSA) is 16.4 Å². The third-order valence-corrected chi connectivity index (χ3v) is 4.71. The largest absolute Gasteiger partial charge is 0.463 e. The maximum absolute atomic E-state index is 5.86. The number of furan rings is 1. The smallest absolute Gasteiger partial charge is 0.137 e. The second-order valence-corrected chi connectivity index (χ2v) is 5.68. The van der Waals surface area contributed by atoms with Crippen LogP contribution in [0.3, 0.4) is 0 Å². The van der Waals surface area contributed by atoms with Gasteiger partial charge in [-0.25, -0.2) is 0 Å². The molecule has 2 aliphatic rings. The summed E-state index contributed by atoms with van der Waals surface area (Å²) in [6.45, 7) is 3.43. The highest BCUT2D eigenvalue weighted by Gasteiger charge is 2.36. The van der Waals surface area contributed by atoms with Gasteiger partial charge in [0.1, 0.15) is 5.76 Å². The first-order valence-electron chi connectivity index (χ1n) is 7.30. The van der Waals surface area contributed by atoms with E-state index in [1.165, 1.54) is 29.2 Å². The average Bonchev–Trinajstić information content (AvgIpc) is 2.97. The molecule has 2 aliphatic heterocycles. The highest BCUT2D eigenvalue weighted by Crippen LogP contribution is 2.40. The monoisotopic (exact) mass is 253 g/mol. The molecule has 0 amide bonds. The van der Waals surface area contributed by atoms with Crippen LogP contribution in [0.25, 0.3) is 16.3 Å². The molecule has 2 bridgehead atoms. The maximum atomic E-state index is 5.86. The molecule has 0 saturated carbocycles. The molecule has 2 unspecified atom stereocenters. The zero-order valence-electron chi connectivity index (χ0n) is 11.3. The average molecular weight is 253 g/mol. The fraction of sp³-hybridized carbons (Fsp3) is 0.412. The Labute approximate surface area is 113 Å². The number of benzene rings is 1. The molecule has 1 saturated heterocycles. The fourth-order valence-corrected chi connectivity index (χ4v) is 3.82. The van der Waals surface area contributed by atoms with E-state index in [0.29, 0.717) is 6.04 Å². The van der Waals surface area contributed by atoms with Gasteiger partial charge in [0.2, 0.25) is 0 Å². The van der Waals surface area contributed by atoms with Crippen LogP contribution in [0.4, 0.5) is 0 Å². The van der Waals surface area contributed by atoms with E-state index in [1.54, 1.807) is 0 Å². The molecule has 1 aromatic carbocycles. The van der Waals surface area contributed by atoms with Crippen molar-refractivity contribution < 1.29 is 4.42 Å². The molecule has 0 N–H and O–H groups in total. The highest BCUT2D eigenvalue weighted by molar-refractivity contribution is 5.92. The van der Waals surface area contributed by atoms with E-state index in [9.17, 15) is 0 Å². The van der Waals surface area contributed by atoms with E-state index in [-0.39, 0.29) is 0 Å². The van der Waals surface area contributed by atoms with Crippen LogP contribution < -0.4 is 0 Å². The molecule has 2 atom stereocenters. The molecule has 1 fully saturated rings. The number of nitrogens with zero attached hydrogens (tertiary/aromatic N) is 1. The first-order chi connectivity index (χ1) is 9.36. The summed E-state index contributed by atoms with van der Waals surface area (Å²) in [6, 6.07) is 9.81. The van der Waals surface area contributed by atoms with E-state index in [2.05, 4.69) is 42.2 Å². The van der Waals surface area contributed by atoms with Gasteiger partial charge in [0.25, 0.3) is 0 Å². The molecule has 2 aromatic rings. The van der Waals surface area contributed by atoms with Gasteiger partial charge in [0.15, 0.2) is 0 Å². The van der Waals surface area contributed by atoms with Gasteiger partial charge < -0.3 is 4.42 Å². The quantitative estimate of drug-likeness (QED) is 0.802. The maximum Gasteiger partial charge on any atom is 0.137 e. The van der Waals surface area contributed by atoms with Crippen LogP contribution in [0.5, 0.6) is 0 Å². The Hall–Kier alpha value is -1.54. The van der Waals surface area contributed by atoms with Crippen molar-refractivity contribution in [3.05, 3.63) is 42.4 Å². The molecule has 3 heterocycles. The molecule has 19 heavy (non-hydrogen) atoms. The second kappa shape index (κ2) is 4.24. The number of rotatable bonds is 2. The van der Waals surface area contributed by atoms with Crippen molar-refractivity contribution in [1.29, 1.82) is 0 Å². The van der Waals surface area contributed by atoms with Crippen LogP contribution in [-0.4, -0.2) is 23.5 Å². The molecular weight excluding hydrogens is 234 g/mol. The van der Waals surface area contributed by atoms with Crippen molar-refractivity contribution in [3.63, 3.8) is 0 Å². The Bertz CT molecular complexity index is 640. The summed E-state index contributed by atoms with van der Waals surface area (Å²) in [4.78, 5) is 2.63. The third kappa shape index (κ3) is 1.67. The van der Waals surface area contributed by atoms with Gasteiger partial charge in [-0.2, -0.15) is 0 Å². The SMILES string of the molecule is CCN1C2C=C(c3occ4ccccc34)CC1CC2. The number of likely N-dealkylation sites (N-methyl/N-ethyl adjacent to an activating group) is 1. The van der Waals surface area contributed by atoms with Crippen LogP contribution in [-0.2, 0) is 0 Å². The standard InChI is InChI=1S/C17H19NO/c1-2-18-14-7-8-15(18)10-13(9-14)17-16-6-4-3-5-12(16)11-19-17/h3-6,9,11,14-15H,2,7-8,10H2,1H3. The number of fused-ring (bicyclic) bond motifs is 3. The van der Waals surface area contributed by atoms with Gasteiger partial charge in [0.05, 0.1) is 6.26 Å². The first-order valence-corrected chi connectivity index (χ1v) is 7.30. The molecule has 2 heteroatoms. The van der Waals surface area contributed by atoms with Crippen molar-refractivity contribution in [3.8, 4) is 0 Å². The van der Waals surface area contributed by atoms with E-state index in [0.717, 1.165) is 24.8 Å². The molecule has 98 valence electrons. The summed E-state index contributed by atoms with van der Waals surface area (Å²) < 4.78 is 5.86. The Balaban J connectivity index is 1.78. The predicted octanol–water partition coefficient (Wildman–Crippen LogP) is 4.07. The summed E-state index contributed by atoms with van der Waals surface area (Å²) in [7, 11) is 0. The highest BCUT2D eigenvalue weighted by atomic mass is 16.3. The second-order valence-electron chi connectivity index (χ2n) is 5.68. The lowest BCUT2D eigenvalue weighted by Crippen LogP contribution is -2.37. The van der Waals surface area contributed by atoms with Crippen LogP contribution in [0.2, 0.25) is 0 Å². The Morgan fingerprint density at radius 2 is 2.16 bits per heavy atom. The van der Waals surface area contributed by atoms with Crippen molar-refractivity contribution >= 4 is 16.3 Å². The molecule has 0 spiro atoms. The lowest BCUT2D eigenvalue weighted by atomic mass is 9.97. The molecular formula is C17H19NO. The van der Waals surface area contributed by atoms with Crippen LogP contribution in [0, 0.1) is 0 Å². The van der Waals surface area contributed by atoms with E-state index in [4.69, 9.17) is 4.42 Å². The number of hydrogen-bond acceptors (Lipinski definition) is 2. The van der Waals surface area contributed by atoms with Gasteiger partial charge in [-0.05, 0) is 31.4 Å². The first kappa shape index (κ1) is 11.3. The minimum atomic E-state index is 0.627. The lowest BCUT2D eigenvalue weighted by Gasteiger charge is -2.32. The van der Waals surface area contributed by atoms with Crippen molar-refractivity contribution in [1.82, 2.24) is 4.90 Å². The van der Waals surface area contributed by atoms with Gasteiger partial charge in [0, 0.05) is 22.9 Å². The summed E-state index contributed by atoms with van der Waals surface area (Å²) in [5, 5.41) is 2.47. The van der Waals surface area contributed by atoms with E-state index in [1.807, 2.05) is 6.26 Å². The van der Waals surface area contributed by atoms with Crippen molar-refractivity contribution in [2.24, 2.45) is 0 Å². The molecule has 0 radical (unpaired) electrons. The van der Waals surface area contributed by atoms with Crippen molar-refractivity contribution in [2.75, 3.05) is 6.54 Å². The zero-order chi connectivity index (χ0) is 12.8. The number of hydrogen-bond donors (Lipinski definition) is 0. The lowest BCUT2D eigenvalue weighted by molar-refractivity contribution is 0.223. The van der Waals surface area contributed by atoms with Gasteiger partial charge in [-0.1, -0.05) is 37.3 Å². The summed E-state index contributed by atoms with van der Waals surface area (Å²) in [6.07, 6.45) is 8.11. The van der Waals surface area contributed by atoms with Gasteiger partial charge >= 0.3 is 0 Å². The molecule has 0 aliphatic carbocycles. The summed E-state index contributed by atoms with van der Waals surface area (Å²) in [5.74, 6) is 1.10. The predicted molar refractivity (Wildman–Crippen MR) is 78.0 cm³/mol. The van der Waals surface area contributed by atoms with Crippen LogP contribution in [0.15, 0.2) is 41.0 Å². The molecule has 2 nitrogen and oxygen atoms in total. The Kier molecular flexibility index (Phi) is 2.52. The summed E-state index contributed by atoms with van der Waals surface area (Å²) >= 11 is 0. The minimum Gasteiger partial charge on any atom is -0.463 e. The molecule has 4 rings (SSSR count).